The molecule has 2 nitrogen and oxygen atoms in total. The summed E-state index contributed by atoms with van der Waals surface area (Å²) >= 11 is 0. The molecule has 0 aromatic carbocycles. The largest absolute Gasteiger partial charge is 0.463 e. The van der Waals surface area contributed by atoms with Crippen molar-refractivity contribution in [3.8, 4) is 0 Å². The number of ether oxygens (including phenoxy) is 1. The standard InChI is InChI=1S/C16H29O2P/c1-2-13-18-16(17)19(14-9-5-3-6-10-14)15-11-7-4-8-12-15/h14-15H,2-13H2,1H3. The molecule has 0 aromatic rings. The van der Waals surface area contributed by atoms with E-state index in [4.69, 9.17) is 4.74 Å². The molecule has 2 aliphatic rings. The second kappa shape index (κ2) is 8.25. The van der Waals surface area contributed by atoms with Crippen molar-refractivity contribution < 1.29 is 9.53 Å². The Bertz CT molecular complexity index is 250. The summed E-state index contributed by atoms with van der Waals surface area (Å²) in [5, 5.41) is 0. The normalized spacial score (nSPS) is 22.6. The zero-order valence-electron chi connectivity index (χ0n) is 12.4. The second-order valence-electron chi connectivity index (χ2n) is 6.11. The molecule has 0 spiro atoms. The molecule has 0 heterocycles. The average Bonchev–Trinajstić information content (AvgIpc) is 2.47. The Hall–Kier alpha value is -0.100. The number of carbonyl (C=O) groups is 1. The summed E-state index contributed by atoms with van der Waals surface area (Å²) in [4.78, 5) is 12.5. The highest BCUT2D eigenvalue weighted by Gasteiger charge is 2.37. The van der Waals surface area contributed by atoms with E-state index in [0.717, 1.165) is 6.42 Å². The molecule has 0 atom stereocenters. The van der Waals surface area contributed by atoms with Crippen molar-refractivity contribution in [1.82, 2.24) is 0 Å². The molecule has 0 amide bonds. The predicted octanol–water partition coefficient (Wildman–Crippen LogP) is 5.68. The fourth-order valence-corrected chi connectivity index (χ4v) is 6.85. The average molecular weight is 284 g/mol. The van der Waals surface area contributed by atoms with Gasteiger partial charge in [-0.2, -0.15) is 0 Å². The fourth-order valence-electron chi connectivity index (χ4n) is 3.58. The first-order valence-electron chi connectivity index (χ1n) is 8.28. The van der Waals surface area contributed by atoms with Crippen LogP contribution in [0.15, 0.2) is 0 Å². The molecule has 110 valence electrons. The van der Waals surface area contributed by atoms with Gasteiger partial charge in [0.15, 0.2) is 0 Å². The van der Waals surface area contributed by atoms with Gasteiger partial charge < -0.3 is 4.74 Å². The molecule has 0 aliphatic heterocycles. The Balaban J connectivity index is 1.99. The van der Waals surface area contributed by atoms with Crippen molar-refractivity contribution in [1.29, 1.82) is 0 Å². The number of carbonyl (C=O) groups excluding carboxylic acids is 1. The van der Waals surface area contributed by atoms with Crippen molar-refractivity contribution in [3.05, 3.63) is 0 Å². The first kappa shape index (κ1) is 15.3. The molecule has 0 N–H and O–H groups in total. The van der Waals surface area contributed by atoms with Gasteiger partial charge in [0.2, 0.25) is 0 Å². The van der Waals surface area contributed by atoms with Gasteiger partial charge in [0.1, 0.15) is 0 Å². The SMILES string of the molecule is CCCOC(=O)P(C1CCCCC1)C1CCCCC1. The first-order chi connectivity index (χ1) is 9.33. The van der Waals surface area contributed by atoms with Gasteiger partial charge in [0.05, 0.1) is 6.61 Å². The van der Waals surface area contributed by atoms with Crippen LogP contribution in [0, 0.1) is 0 Å². The van der Waals surface area contributed by atoms with Crippen molar-refractivity contribution in [2.75, 3.05) is 6.61 Å². The number of rotatable bonds is 5. The molecular weight excluding hydrogens is 255 g/mol. The van der Waals surface area contributed by atoms with Gasteiger partial charge in [0.25, 0.3) is 0 Å². The molecule has 2 saturated carbocycles. The summed E-state index contributed by atoms with van der Waals surface area (Å²) in [5.41, 5.74) is 1.54. The summed E-state index contributed by atoms with van der Waals surface area (Å²) < 4.78 is 5.55. The molecular formula is C16H29O2P. The molecule has 0 aromatic heterocycles. The van der Waals surface area contributed by atoms with E-state index in [1.807, 2.05) is 0 Å². The van der Waals surface area contributed by atoms with Crippen LogP contribution in [-0.2, 0) is 4.74 Å². The van der Waals surface area contributed by atoms with Crippen LogP contribution in [0.3, 0.4) is 0 Å². The summed E-state index contributed by atoms with van der Waals surface area (Å²) in [7, 11) is -0.531. The van der Waals surface area contributed by atoms with E-state index < -0.39 is 7.92 Å². The quantitative estimate of drug-likeness (QED) is 0.607. The van der Waals surface area contributed by atoms with Gasteiger partial charge in [-0.3, -0.25) is 0 Å². The third kappa shape index (κ3) is 4.45. The topological polar surface area (TPSA) is 26.3 Å². The molecule has 2 rings (SSSR count). The summed E-state index contributed by atoms with van der Waals surface area (Å²) in [5.74, 6) is 0. The maximum absolute atomic E-state index is 12.5. The smallest absolute Gasteiger partial charge is 0.326 e. The lowest BCUT2D eigenvalue weighted by Crippen LogP contribution is -2.25. The third-order valence-corrected chi connectivity index (χ3v) is 7.73. The highest BCUT2D eigenvalue weighted by molar-refractivity contribution is 7.75. The van der Waals surface area contributed by atoms with Crippen LogP contribution in [-0.4, -0.2) is 23.6 Å². The van der Waals surface area contributed by atoms with Crippen LogP contribution in [0.5, 0.6) is 0 Å². The minimum absolute atomic E-state index is 0.190. The first-order valence-corrected chi connectivity index (χ1v) is 9.76. The van der Waals surface area contributed by atoms with E-state index >= 15 is 0 Å². The van der Waals surface area contributed by atoms with Crippen molar-refractivity contribution >= 4 is 13.6 Å². The molecule has 0 saturated heterocycles. The molecule has 19 heavy (non-hydrogen) atoms. The Morgan fingerprint density at radius 1 is 0.947 bits per heavy atom. The summed E-state index contributed by atoms with van der Waals surface area (Å²) in [6.45, 7) is 2.70. The maximum atomic E-state index is 12.5. The summed E-state index contributed by atoms with van der Waals surface area (Å²) in [6, 6.07) is 0. The Kier molecular flexibility index (Phi) is 6.64. The van der Waals surface area contributed by atoms with Crippen LogP contribution in [0.25, 0.3) is 0 Å². The van der Waals surface area contributed by atoms with Crippen LogP contribution in [0.1, 0.15) is 77.6 Å². The van der Waals surface area contributed by atoms with Gasteiger partial charge in [-0.05, 0) is 43.4 Å². The van der Waals surface area contributed by atoms with Crippen LogP contribution in [0.4, 0.5) is 4.79 Å². The lowest BCUT2D eigenvalue weighted by atomic mass is 9.99. The maximum Gasteiger partial charge on any atom is 0.326 e. The summed E-state index contributed by atoms with van der Waals surface area (Å²) in [6.07, 6.45) is 14.1. The zero-order chi connectivity index (χ0) is 13.5. The molecule has 2 fully saturated rings. The highest BCUT2D eigenvalue weighted by Crippen LogP contribution is 2.56. The monoisotopic (exact) mass is 284 g/mol. The lowest BCUT2D eigenvalue weighted by Gasteiger charge is -2.36. The van der Waals surface area contributed by atoms with Crippen molar-refractivity contribution in [3.63, 3.8) is 0 Å². The van der Waals surface area contributed by atoms with Gasteiger partial charge >= 0.3 is 5.71 Å². The molecule has 2 aliphatic carbocycles. The van der Waals surface area contributed by atoms with E-state index in [1.165, 1.54) is 64.2 Å². The predicted molar refractivity (Wildman–Crippen MR) is 82.3 cm³/mol. The van der Waals surface area contributed by atoms with Crippen LogP contribution >= 0.6 is 7.92 Å². The van der Waals surface area contributed by atoms with E-state index in [1.54, 1.807) is 0 Å². The van der Waals surface area contributed by atoms with E-state index in [9.17, 15) is 4.79 Å². The Morgan fingerprint density at radius 2 is 1.42 bits per heavy atom. The van der Waals surface area contributed by atoms with Crippen LogP contribution < -0.4 is 0 Å². The van der Waals surface area contributed by atoms with Gasteiger partial charge in [-0.1, -0.05) is 45.4 Å². The number of hydrogen-bond donors (Lipinski definition) is 0. The van der Waals surface area contributed by atoms with Crippen molar-refractivity contribution in [2.45, 2.75) is 88.9 Å². The Morgan fingerprint density at radius 3 is 1.84 bits per heavy atom. The van der Waals surface area contributed by atoms with Gasteiger partial charge in [-0.25, -0.2) is 4.79 Å². The van der Waals surface area contributed by atoms with Crippen LogP contribution in [0.2, 0.25) is 0 Å². The minimum atomic E-state index is -0.531. The second-order valence-corrected chi connectivity index (χ2v) is 8.75. The lowest BCUT2D eigenvalue weighted by molar-refractivity contribution is 0.173. The molecule has 0 bridgehead atoms. The Labute approximate surface area is 119 Å². The van der Waals surface area contributed by atoms with E-state index in [2.05, 4.69) is 6.92 Å². The third-order valence-electron chi connectivity index (χ3n) is 4.58. The van der Waals surface area contributed by atoms with Gasteiger partial charge in [0, 0.05) is 7.92 Å². The fraction of sp³-hybridized carbons (Fsp3) is 0.938. The van der Waals surface area contributed by atoms with E-state index in [0.29, 0.717) is 17.9 Å². The molecule has 3 heteroatoms. The van der Waals surface area contributed by atoms with Crippen molar-refractivity contribution in [2.24, 2.45) is 0 Å². The van der Waals surface area contributed by atoms with E-state index in [-0.39, 0.29) is 5.71 Å². The molecule has 0 radical (unpaired) electrons. The zero-order valence-corrected chi connectivity index (χ0v) is 13.3. The highest BCUT2D eigenvalue weighted by atomic mass is 31.1. The minimum Gasteiger partial charge on any atom is -0.463 e. The number of hydrogen-bond acceptors (Lipinski definition) is 2. The van der Waals surface area contributed by atoms with Gasteiger partial charge in [-0.15, -0.1) is 0 Å². The molecule has 0 unspecified atom stereocenters.